The number of pyridine rings is 2. The number of anilines is 3. The van der Waals surface area contributed by atoms with Gasteiger partial charge in [-0.05, 0) is 56.3 Å². The van der Waals surface area contributed by atoms with E-state index in [4.69, 9.17) is 4.74 Å². The number of nitrogens with zero attached hydrogens (tertiary/aromatic N) is 2. The van der Waals surface area contributed by atoms with Crippen LogP contribution in [0.25, 0.3) is 0 Å². The Morgan fingerprint density at radius 1 is 1.04 bits per heavy atom. The van der Waals surface area contributed by atoms with Crippen molar-refractivity contribution in [3.63, 3.8) is 0 Å². The smallest absolute Gasteiger partial charge is 0.224 e. The quantitative estimate of drug-likeness (QED) is 0.647. The summed E-state index contributed by atoms with van der Waals surface area (Å²) in [4.78, 5) is 20.2. The number of aryl methyl sites for hydroxylation is 2. The summed E-state index contributed by atoms with van der Waals surface area (Å²) in [7, 11) is 0. The van der Waals surface area contributed by atoms with E-state index in [1.54, 1.807) is 12.3 Å². The second-order valence-electron chi connectivity index (χ2n) is 6.12. The minimum Gasteiger partial charge on any atom is -0.455 e. The second kappa shape index (κ2) is 8.31. The van der Waals surface area contributed by atoms with Crippen molar-refractivity contribution in [2.75, 3.05) is 10.6 Å². The summed E-state index contributed by atoms with van der Waals surface area (Å²) >= 11 is 0. The lowest BCUT2D eigenvalue weighted by Gasteiger charge is -2.11. The summed E-state index contributed by atoms with van der Waals surface area (Å²) in [6.45, 7) is 5.69. The lowest BCUT2D eigenvalue weighted by molar-refractivity contribution is -0.115. The van der Waals surface area contributed by atoms with Gasteiger partial charge in [-0.3, -0.25) is 9.78 Å². The zero-order valence-electron chi connectivity index (χ0n) is 15.6. The van der Waals surface area contributed by atoms with Gasteiger partial charge in [-0.1, -0.05) is 6.92 Å². The van der Waals surface area contributed by atoms with Crippen LogP contribution in [0.15, 0.2) is 54.7 Å². The van der Waals surface area contributed by atoms with Gasteiger partial charge in [-0.2, -0.15) is 0 Å². The number of carbonyl (C=O) groups is 1. The zero-order chi connectivity index (χ0) is 19.2. The van der Waals surface area contributed by atoms with Crippen LogP contribution in [0.4, 0.5) is 17.2 Å². The van der Waals surface area contributed by atoms with Crippen molar-refractivity contribution < 1.29 is 9.53 Å². The van der Waals surface area contributed by atoms with Crippen LogP contribution in [0.1, 0.15) is 24.7 Å². The van der Waals surface area contributed by atoms with Gasteiger partial charge in [0.1, 0.15) is 17.3 Å². The molecule has 0 atom stereocenters. The maximum absolute atomic E-state index is 11.4. The first-order chi connectivity index (χ1) is 13.0. The molecule has 0 fully saturated rings. The molecule has 3 rings (SSSR count). The normalized spacial score (nSPS) is 10.3. The van der Waals surface area contributed by atoms with Crippen LogP contribution in [-0.4, -0.2) is 15.9 Å². The standard InChI is InChI=1S/C21H22N4O2/c1-4-21(26)25-17-8-6-16(7-9-17)24-20-13-18(11-12-22-20)27-19-10-5-14(2)23-15(19)3/h5-13H,4H2,1-3H3,(H,22,24)(H,25,26). The highest BCUT2D eigenvalue weighted by Crippen LogP contribution is 2.26. The summed E-state index contributed by atoms with van der Waals surface area (Å²) in [6, 6.07) is 14.9. The first-order valence-corrected chi connectivity index (χ1v) is 8.78. The van der Waals surface area contributed by atoms with Crippen molar-refractivity contribution in [2.45, 2.75) is 27.2 Å². The second-order valence-corrected chi connectivity index (χ2v) is 6.12. The summed E-state index contributed by atoms with van der Waals surface area (Å²) in [5, 5.41) is 6.05. The van der Waals surface area contributed by atoms with Crippen molar-refractivity contribution in [3.8, 4) is 11.5 Å². The Hall–Kier alpha value is -3.41. The van der Waals surface area contributed by atoms with Crippen molar-refractivity contribution >= 4 is 23.1 Å². The molecule has 6 heteroatoms. The summed E-state index contributed by atoms with van der Waals surface area (Å²) in [6.07, 6.45) is 2.14. The Morgan fingerprint density at radius 3 is 2.48 bits per heavy atom. The third-order valence-electron chi connectivity index (χ3n) is 3.90. The number of benzene rings is 1. The van der Waals surface area contributed by atoms with Crippen LogP contribution in [0.5, 0.6) is 11.5 Å². The number of rotatable bonds is 6. The van der Waals surface area contributed by atoms with Crippen LogP contribution in [0.3, 0.4) is 0 Å². The Labute approximate surface area is 158 Å². The zero-order valence-corrected chi connectivity index (χ0v) is 15.6. The van der Waals surface area contributed by atoms with E-state index in [0.717, 1.165) is 22.8 Å². The van der Waals surface area contributed by atoms with Crippen LogP contribution in [-0.2, 0) is 4.79 Å². The Morgan fingerprint density at radius 2 is 1.78 bits per heavy atom. The number of aromatic nitrogens is 2. The molecule has 0 unspecified atom stereocenters. The molecule has 2 heterocycles. The molecule has 0 radical (unpaired) electrons. The van der Waals surface area contributed by atoms with Crippen LogP contribution >= 0.6 is 0 Å². The van der Waals surface area contributed by atoms with E-state index in [9.17, 15) is 4.79 Å². The highest BCUT2D eigenvalue weighted by molar-refractivity contribution is 5.90. The van der Waals surface area contributed by atoms with E-state index < -0.39 is 0 Å². The molecule has 3 aromatic rings. The van der Waals surface area contributed by atoms with Gasteiger partial charge in [-0.15, -0.1) is 0 Å². The van der Waals surface area contributed by atoms with Gasteiger partial charge in [0, 0.05) is 35.8 Å². The van der Waals surface area contributed by atoms with Gasteiger partial charge in [0.05, 0.1) is 5.69 Å². The Balaban J connectivity index is 1.69. The Bertz CT molecular complexity index is 939. The van der Waals surface area contributed by atoms with E-state index in [1.807, 2.05) is 63.2 Å². The van der Waals surface area contributed by atoms with Crippen LogP contribution < -0.4 is 15.4 Å². The molecule has 2 aromatic heterocycles. The Kier molecular flexibility index (Phi) is 5.66. The lowest BCUT2D eigenvalue weighted by Crippen LogP contribution is -2.09. The number of hydrogen-bond acceptors (Lipinski definition) is 5. The van der Waals surface area contributed by atoms with Crippen molar-refractivity contribution in [1.29, 1.82) is 0 Å². The van der Waals surface area contributed by atoms with Crippen molar-refractivity contribution in [1.82, 2.24) is 9.97 Å². The third-order valence-corrected chi connectivity index (χ3v) is 3.90. The van der Waals surface area contributed by atoms with E-state index in [0.29, 0.717) is 23.7 Å². The molecule has 0 bridgehead atoms. The van der Waals surface area contributed by atoms with Crippen LogP contribution in [0, 0.1) is 13.8 Å². The maximum Gasteiger partial charge on any atom is 0.224 e. The molecule has 6 nitrogen and oxygen atoms in total. The molecule has 0 aliphatic rings. The number of hydrogen-bond donors (Lipinski definition) is 2. The van der Waals surface area contributed by atoms with E-state index in [1.165, 1.54) is 0 Å². The summed E-state index contributed by atoms with van der Waals surface area (Å²) < 4.78 is 5.93. The molecule has 1 aromatic carbocycles. The average molecular weight is 362 g/mol. The van der Waals surface area contributed by atoms with Gasteiger partial charge < -0.3 is 15.4 Å². The maximum atomic E-state index is 11.4. The van der Waals surface area contributed by atoms with Gasteiger partial charge >= 0.3 is 0 Å². The predicted octanol–water partition coefficient (Wildman–Crippen LogP) is 4.98. The molecule has 2 N–H and O–H groups in total. The monoisotopic (exact) mass is 362 g/mol. The van der Waals surface area contributed by atoms with E-state index >= 15 is 0 Å². The lowest BCUT2D eigenvalue weighted by atomic mass is 10.2. The molecule has 0 spiro atoms. The van der Waals surface area contributed by atoms with E-state index in [2.05, 4.69) is 20.6 Å². The first kappa shape index (κ1) is 18.4. The van der Waals surface area contributed by atoms with Crippen molar-refractivity contribution in [2.24, 2.45) is 0 Å². The molecular weight excluding hydrogens is 340 g/mol. The van der Waals surface area contributed by atoms with E-state index in [-0.39, 0.29) is 5.91 Å². The molecule has 138 valence electrons. The largest absolute Gasteiger partial charge is 0.455 e. The fourth-order valence-electron chi connectivity index (χ4n) is 2.49. The van der Waals surface area contributed by atoms with Gasteiger partial charge in [0.15, 0.2) is 0 Å². The molecule has 27 heavy (non-hydrogen) atoms. The average Bonchev–Trinajstić information content (AvgIpc) is 2.66. The molecule has 1 amide bonds. The third kappa shape index (κ3) is 5.04. The summed E-state index contributed by atoms with van der Waals surface area (Å²) in [5.74, 6) is 2.04. The SMILES string of the molecule is CCC(=O)Nc1ccc(Nc2cc(Oc3ccc(C)nc3C)ccn2)cc1. The van der Waals surface area contributed by atoms with Crippen LogP contribution in [0.2, 0.25) is 0 Å². The minimum atomic E-state index is -0.0110. The molecule has 0 saturated heterocycles. The topological polar surface area (TPSA) is 76.1 Å². The number of ether oxygens (including phenoxy) is 1. The summed E-state index contributed by atoms with van der Waals surface area (Å²) in [5.41, 5.74) is 3.42. The minimum absolute atomic E-state index is 0.0110. The van der Waals surface area contributed by atoms with Gasteiger partial charge in [0.2, 0.25) is 5.91 Å². The number of amides is 1. The molecular formula is C21H22N4O2. The highest BCUT2D eigenvalue weighted by atomic mass is 16.5. The fraction of sp³-hybridized carbons (Fsp3) is 0.190. The molecule has 0 aliphatic heterocycles. The first-order valence-electron chi connectivity index (χ1n) is 8.78. The predicted molar refractivity (Wildman–Crippen MR) is 107 cm³/mol. The number of nitrogens with one attached hydrogen (secondary N) is 2. The van der Waals surface area contributed by atoms with Crippen molar-refractivity contribution in [3.05, 3.63) is 66.1 Å². The van der Waals surface area contributed by atoms with Gasteiger partial charge in [-0.25, -0.2) is 4.98 Å². The molecule has 0 saturated carbocycles. The number of carbonyl (C=O) groups excluding carboxylic acids is 1. The van der Waals surface area contributed by atoms with Gasteiger partial charge in [0.25, 0.3) is 0 Å². The molecule has 0 aliphatic carbocycles. The highest BCUT2D eigenvalue weighted by Gasteiger charge is 2.05. The fourth-order valence-corrected chi connectivity index (χ4v) is 2.49.